The van der Waals surface area contributed by atoms with Gasteiger partial charge in [0.25, 0.3) is 0 Å². The van der Waals surface area contributed by atoms with Crippen molar-refractivity contribution in [2.45, 2.75) is 45.1 Å². The van der Waals surface area contributed by atoms with Crippen LogP contribution in [0.3, 0.4) is 0 Å². The Morgan fingerprint density at radius 1 is 1.12 bits per heavy atom. The van der Waals surface area contributed by atoms with Crippen LogP contribution in [0, 0.1) is 5.41 Å². The van der Waals surface area contributed by atoms with Crippen molar-refractivity contribution in [1.29, 1.82) is 0 Å². The van der Waals surface area contributed by atoms with E-state index in [9.17, 15) is 4.79 Å². The standard InChI is InChI=1S/C21H28N2O3/c24-14-15-26-19-8-6-18(7-9-19)22-20(25)16-21(10-2-1-3-11-21)17-23-12-4-5-13-23/h4-9,12-13,24H,1-3,10-11,14-17H2,(H,22,25). The minimum atomic E-state index is -0.0119. The first-order valence-corrected chi connectivity index (χ1v) is 9.43. The highest BCUT2D eigenvalue weighted by atomic mass is 16.5. The van der Waals surface area contributed by atoms with E-state index in [1.54, 1.807) is 0 Å². The van der Waals surface area contributed by atoms with Crippen LogP contribution in [0.2, 0.25) is 0 Å². The predicted molar refractivity (Wildman–Crippen MR) is 102 cm³/mol. The third kappa shape index (κ3) is 5.11. The van der Waals surface area contributed by atoms with Gasteiger partial charge in [-0.2, -0.15) is 0 Å². The molecule has 1 amide bonds. The largest absolute Gasteiger partial charge is 0.491 e. The Bertz CT molecular complexity index is 674. The number of nitrogens with one attached hydrogen (secondary N) is 1. The number of aromatic nitrogens is 1. The lowest BCUT2D eigenvalue weighted by Gasteiger charge is -2.37. The van der Waals surface area contributed by atoms with Gasteiger partial charge in [-0.05, 0) is 54.7 Å². The summed E-state index contributed by atoms with van der Waals surface area (Å²) in [5.74, 6) is 0.761. The van der Waals surface area contributed by atoms with Gasteiger partial charge >= 0.3 is 0 Å². The van der Waals surface area contributed by atoms with Gasteiger partial charge in [-0.15, -0.1) is 0 Å². The quantitative estimate of drug-likeness (QED) is 0.755. The predicted octanol–water partition coefficient (Wildman–Crippen LogP) is 3.84. The number of hydrogen-bond donors (Lipinski definition) is 2. The SMILES string of the molecule is O=C(CC1(Cn2cccc2)CCCCC1)Nc1ccc(OCCO)cc1. The molecule has 1 saturated carbocycles. The van der Waals surface area contributed by atoms with E-state index in [0.29, 0.717) is 12.2 Å². The summed E-state index contributed by atoms with van der Waals surface area (Å²) in [6.07, 6.45) is 10.6. The summed E-state index contributed by atoms with van der Waals surface area (Å²) in [5, 5.41) is 11.8. The number of aliphatic hydroxyl groups is 1. The number of carbonyl (C=O) groups is 1. The number of aliphatic hydroxyl groups excluding tert-OH is 1. The summed E-state index contributed by atoms with van der Waals surface area (Å²) >= 11 is 0. The molecule has 1 aliphatic rings. The van der Waals surface area contributed by atoms with E-state index >= 15 is 0 Å². The molecule has 1 fully saturated rings. The number of hydrogen-bond acceptors (Lipinski definition) is 3. The average Bonchev–Trinajstić information content (AvgIpc) is 3.14. The van der Waals surface area contributed by atoms with Crippen LogP contribution >= 0.6 is 0 Å². The molecule has 2 aromatic rings. The highest BCUT2D eigenvalue weighted by Gasteiger charge is 2.34. The van der Waals surface area contributed by atoms with E-state index in [4.69, 9.17) is 9.84 Å². The molecule has 0 spiro atoms. The molecule has 0 radical (unpaired) electrons. The maximum Gasteiger partial charge on any atom is 0.224 e. The number of anilines is 1. The number of rotatable bonds is 8. The molecule has 0 unspecified atom stereocenters. The number of benzene rings is 1. The number of amides is 1. The lowest BCUT2D eigenvalue weighted by Crippen LogP contribution is -2.33. The minimum Gasteiger partial charge on any atom is -0.491 e. The first-order valence-electron chi connectivity index (χ1n) is 9.43. The second-order valence-corrected chi connectivity index (χ2v) is 7.24. The lowest BCUT2D eigenvalue weighted by molar-refractivity contribution is -0.119. The summed E-state index contributed by atoms with van der Waals surface area (Å²) in [7, 11) is 0. The maximum atomic E-state index is 12.7. The molecule has 5 heteroatoms. The Morgan fingerprint density at radius 3 is 2.46 bits per heavy atom. The molecule has 2 N–H and O–H groups in total. The van der Waals surface area contributed by atoms with E-state index < -0.39 is 0 Å². The average molecular weight is 356 g/mol. The lowest BCUT2D eigenvalue weighted by atomic mass is 9.71. The summed E-state index contributed by atoms with van der Waals surface area (Å²) in [4.78, 5) is 12.7. The Hall–Kier alpha value is -2.27. The zero-order chi connectivity index (χ0) is 18.2. The number of carbonyl (C=O) groups excluding carboxylic acids is 1. The van der Waals surface area contributed by atoms with E-state index in [-0.39, 0.29) is 24.5 Å². The normalized spacial score (nSPS) is 16.2. The van der Waals surface area contributed by atoms with Gasteiger partial charge in [0.05, 0.1) is 6.61 Å². The summed E-state index contributed by atoms with van der Waals surface area (Å²) in [5.41, 5.74) is 0.823. The van der Waals surface area contributed by atoms with Crippen molar-refractivity contribution in [1.82, 2.24) is 4.57 Å². The molecule has 1 heterocycles. The highest BCUT2D eigenvalue weighted by molar-refractivity contribution is 5.91. The van der Waals surface area contributed by atoms with Crippen molar-refractivity contribution in [3.63, 3.8) is 0 Å². The molecule has 140 valence electrons. The van der Waals surface area contributed by atoms with Crippen LogP contribution in [0.1, 0.15) is 38.5 Å². The van der Waals surface area contributed by atoms with Crippen LogP contribution in [-0.2, 0) is 11.3 Å². The zero-order valence-corrected chi connectivity index (χ0v) is 15.2. The van der Waals surface area contributed by atoms with Gasteiger partial charge in [0.15, 0.2) is 0 Å². The molecule has 1 aromatic heterocycles. The van der Waals surface area contributed by atoms with Gasteiger partial charge in [0, 0.05) is 31.0 Å². The highest BCUT2D eigenvalue weighted by Crippen LogP contribution is 2.41. The summed E-state index contributed by atoms with van der Waals surface area (Å²) in [6, 6.07) is 11.4. The Morgan fingerprint density at radius 2 is 1.81 bits per heavy atom. The monoisotopic (exact) mass is 356 g/mol. The van der Waals surface area contributed by atoms with Gasteiger partial charge in [0.1, 0.15) is 12.4 Å². The molecule has 0 atom stereocenters. The molecule has 3 rings (SSSR count). The first kappa shape index (κ1) is 18.5. The molecule has 0 bridgehead atoms. The summed E-state index contributed by atoms with van der Waals surface area (Å²) < 4.78 is 7.55. The van der Waals surface area contributed by atoms with Crippen molar-refractivity contribution < 1.29 is 14.6 Å². The molecule has 1 aromatic carbocycles. The van der Waals surface area contributed by atoms with Gasteiger partial charge in [-0.3, -0.25) is 4.79 Å². The third-order valence-electron chi connectivity index (χ3n) is 5.13. The van der Waals surface area contributed by atoms with E-state index in [0.717, 1.165) is 25.1 Å². The van der Waals surface area contributed by atoms with Crippen molar-refractivity contribution in [3.8, 4) is 5.75 Å². The minimum absolute atomic E-state index is 0.0119. The molecule has 0 saturated heterocycles. The van der Waals surface area contributed by atoms with E-state index in [2.05, 4.69) is 22.3 Å². The zero-order valence-electron chi connectivity index (χ0n) is 15.2. The fraction of sp³-hybridized carbons (Fsp3) is 0.476. The Balaban J connectivity index is 1.60. The molecule has 26 heavy (non-hydrogen) atoms. The van der Waals surface area contributed by atoms with Crippen molar-refractivity contribution in [2.24, 2.45) is 5.41 Å². The third-order valence-corrected chi connectivity index (χ3v) is 5.13. The fourth-order valence-electron chi connectivity index (χ4n) is 3.90. The molecule has 1 aliphatic carbocycles. The van der Waals surface area contributed by atoms with Crippen LogP contribution in [-0.4, -0.2) is 28.8 Å². The Labute approximate surface area is 155 Å². The second-order valence-electron chi connectivity index (χ2n) is 7.24. The second kappa shape index (κ2) is 8.90. The number of ether oxygens (including phenoxy) is 1. The van der Waals surface area contributed by atoms with Gasteiger partial charge < -0.3 is 19.7 Å². The Kier molecular flexibility index (Phi) is 6.34. The van der Waals surface area contributed by atoms with Crippen molar-refractivity contribution >= 4 is 11.6 Å². The molecule has 5 nitrogen and oxygen atoms in total. The maximum absolute atomic E-state index is 12.7. The van der Waals surface area contributed by atoms with Crippen LogP contribution in [0.5, 0.6) is 5.75 Å². The van der Waals surface area contributed by atoms with Crippen molar-refractivity contribution in [2.75, 3.05) is 18.5 Å². The van der Waals surface area contributed by atoms with Crippen LogP contribution < -0.4 is 10.1 Å². The fourth-order valence-corrected chi connectivity index (χ4v) is 3.90. The van der Waals surface area contributed by atoms with Crippen LogP contribution in [0.15, 0.2) is 48.8 Å². The summed E-state index contributed by atoms with van der Waals surface area (Å²) in [6.45, 7) is 1.16. The van der Waals surface area contributed by atoms with Crippen LogP contribution in [0.4, 0.5) is 5.69 Å². The van der Waals surface area contributed by atoms with Gasteiger partial charge in [-0.25, -0.2) is 0 Å². The molecule has 0 aliphatic heterocycles. The molecular weight excluding hydrogens is 328 g/mol. The van der Waals surface area contributed by atoms with Crippen molar-refractivity contribution in [3.05, 3.63) is 48.8 Å². The molecular formula is C21H28N2O3. The van der Waals surface area contributed by atoms with E-state index in [1.165, 1.54) is 19.3 Å². The smallest absolute Gasteiger partial charge is 0.224 e. The first-order chi connectivity index (χ1) is 12.7. The van der Waals surface area contributed by atoms with Gasteiger partial charge in [-0.1, -0.05) is 19.3 Å². The topological polar surface area (TPSA) is 63.5 Å². The van der Waals surface area contributed by atoms with E-state index in [1.807, 2.05) is 36.4 Å². The number of nitrogens with zero attached hydrogens (tertiary/aromatic N) is 1. The van der Waals surface area contributed by atoms with Gasteiger partial charge in [0.2, 0.25) is 5.91 Å². The van der Waals surface area contributed by atoms with Crippen LogP contribution in [0.25, 0.3) is 0 Å².